The summed E-state index contributed by atoms with van der Waals surface area (Å²) in [6.45, 7) is 4.19. The van der Waals surface area contributed by atoms with E-state index in [0.29, 0.717) is 11.4 Å². The summed E-state index contributed by atoms with van der Waals surface area (Å²) < 4.78 is 0. The Morgan fingerprint density at radius 2 is 2.38 bits per heavy atom. The average molecular weight is 237 g/mol. The van der Waals surface area contributed by atoms with Crippen LogP contribution >= 0.6 is 11.3 Å². The SMILES string of the molecule is Cc1cc(C(=O)NCc2nn[nH]n2)c(C)s1. The lowest BCUT2D eigenvalue weighted by Crippen LogP contribution is -2.23. The number of aromatic amines is 1. The van der Waals surface area contributed by atoms with Crippen LogP contribution in [-0.2, 0) is 6.54 Å². The highest BCUT2D eigenvalue weighted by molar-refractivity contribution is 7.12. The highest BCUT2D eigenvalue weighted by atomic mass is 32.1. The zero-order valence-corrected chi connectivity index (χ0v) is 9.76. The fourth-order valence-electron chi connectivity index (χ4n) is 1.37. The van der Waals surface area contributed by atoms with Crippen molar-refractivity contribution in [2.24, 2.45) is 0 Å². The van der Waals surface area contributed by atoms with Gasteiger partial charge in [-0.25, -0.2) is 0 Å². The molecular weight excluding hydrogens is 226 g/mol. The third-order valence-electron chi connectivity index (χ3n) is 2.08. The minimum absolute atomic E-state index is 0.105. The monoisotopic (exact) mass is 237 g/mol. The van der Waals surface area contributed by atoms with E-state index in [9.17, 15) is 4.79 Å². The van der Waals surface area contributed by atoms with Crippen LogP contribution in [0, 0.1) is 13.8 Å². The Kier molecular flexibility index (Phi) is 2.95. The normalized spacial score (nSPS) is 10.4. The largest absolute Gasteiger partial charge is 0.345 e. The van der Waals surface area contributed by atoms with Crippen LogP contribution < -0.4 is 5.32 Å². The highest BCUT2D eigenvalue weighted by Crippen LogP contribution is 2.20. The first-order valence-corrected chi connectivity index (χ1v) is 5.56. The number of aryl methyl sites for hydroxylation is 2. The van der Waals surface area contributed by atoms with Crippen LogP contribution in [-0.4, -0.2) is 26.5 Å². The number of hydrogen-bond acceptors (Lipinski definition) is 5. The van der Waals surface area contributed by atoms with E-state index in [1.54, 1.807) is 11.3 Å². The average Bonchev–Trinajstić information content (AvgIpc) is 2.84. The van der Waals surface area contributed by atoms with Crippen LogP contribution in [0.3, 0.4) is 0 Å². The molecule has 0 atom stereocenters. The van der Waals surface area contributed by atoms with E-state index in [0.717, 1.165) is 9.75 Å². The number of carbonyl (C=O) groups excluding carboxylic acids is 1. The van der Waals surface area contributed by atoms with Crippen LogP contribution in [0.2, 0.25) is 0 Å². The summed E-state index contributed by atoms with van der Waals surface area (Å²) in [4.78, 5) is 13.9. The Labute approximate surface area is 96.1 Å². The molecule has 0 aliphatic heterocycles. The Balaban J connectivity index is 2.01. The number of rotatable bonds is 3. The molecule has 0 spiro atoms. The van der Waals surface area contributed by atoms with Crippen LogP contribution in [0.25, 0.3) is 0 Å². The minimum atomic E-state index is -0.105. The van der Waals surface area contributed by atoms with E-state index < -0.39 is 0 Å². The van der Waals surface area contributed by atoms with Crippen LogP contribution in [0.5, 0.6) is 0 Å². The number of hydrogen-bond donors (Lipinski definition) is 2. The number of carbonyl (C=O) groups is 1. The summed E-state index contributed by atoms with van der Waals surface area (Å²) in [6.07, 6.45) is 0. The molecule has 0 radical (unpaired) electrons. The molecule has 0 bridgehead atoms. The topological polar surface area (TPSA) is 83.6 Å². The first-order valence-electron chi connectivity index (χ1n) is 4.74. The van der Waals surface area contributed by atoms with Crippen molar-refractivity contribution in [1.29, 1.82) is 0 Å². The minimum Gasteiger partial charge on any atom is -0.345 e. The number of H-pyrrole nitrogens is 1. The molecule has 0 saturated heterocycles. The molecule has 6 nitrogen and oxygen atoms in total. The molecule has 2 aromatic rings. The Bertz CT molecular complexity index is 490. The molecule has 7 heteroatoms. The summed E-state index contributed by atoms with van der Waals surface area (Å²) in [5, 5.41) is 16.0. The van der Waals surface area contributed by atoms with Crippen molar-refractivity contribution in [2.45, 2.75) is 20.4 Å². The lowest BCUT2D eigenvalue weighted by molar-refractivity contribution is 0.0950. The van der Waals surface area contributed by atoms with Gasteiger partial charge in [-0.15, -0.1) is 21.5 Å². The van der Waals surface area contributed by atoms with Gasteiger partial charge in [0, 0.05) is 9.75 Å². The fourth-order valence-corrected chi connectivity index (χ4v) is 2.29. The number of amides is 1. The van der Waals surface area contributed by atoms with E-state index in [1.165, 1.54) is 0 Å². The lowest BCUT2D eigenvalue weighted by Gasteiger charge is -2.00. The van der Waals surface area contributed by atoms with Gasteiger partial charge in [-0.1, -0.05) is 5.21 Å². The summed E-state index contributed by atoms with van der Waals surface area (Å²) >= 11 is 1.61. The first-order chi connectivity index (χ1) is 7.66. The zero-order valence-electron chi connectivity index (χ0n) is 8.94. The van der Waals surface area contributed by atoms with Gasteiger partial charge in [-0.2, -0.15) is 5.21 Å². The molecule has 0 aliphatic carbocycles. The Morgan fingerprint density at radius 3 is 2.94 bits per heavy atom. The lowest BCUT2D eigenvalue weighted by atomic mass is 10.2. The summed E-state index contributed by atoms with van der Waals surface area (Å²) in [7, 11) is 0. The van der Waals surface area contributed by atoms with E-state index in [2.05, 4.69) is 25.9 Å². The van der Waals surface area contributed by atoms with E-state index in [4.69, 9.17) is 0 Å². The standard InChI is InChI=1S/C9H11N5OS/c1-5-3-7(6(2)16-5)9(15)10-4-8-11-13-14-12-8/h3H,4H2,1-2H3,(H,10,15)(H,11,12,13,14). The third kappa shape index (κ3) is 2.25. The van der Waals surface area contributed by atoms with Gasteiger partial charge in [0.2, 0.25) is 0 Å². The second-order valence-corrected chi connectivity index (χ2v) is 4.80. The Hall–Kier alpha value is -1.76. The summed E-state index contributed by atoms with van der Waals surface area (Å²) in [5.74, 6) is 0.365. The highest BCUT2D eigenvalue weighted by Gasteiger charge is 2.12. The second-order valence-electron chi connectivity index (χ2n) is 3.34. The van der Waals surface area contributed by atoms with Gasteiger partial charge in [-0.3, -0.25) is 4.79 Å². The van der Waals surface area contributed by atoms with Gasteiger partial charge in [0.05, 0.1) is 12.1 Å². The van der Waals surface area contributed by atoms with Crippen LogP contribution in [0.4, 0.5) is 0 Å². The zero-order chi connectivity index (χ0) is 11.5. The molecule has 0 aromatic carbocycles. The number of nitrogens with zero attached hydrogens (tertiary/aromatic N) is 3. The molecule has 2 N–H and O–H groups in total. The van der Waals surface area contributed by atoms with Crippen molar-refractivity contribution < 1.29 is 4.79 Å². The molecule has 84 valence electrons. The molecule has 2 aromatic heterocycles. The molecule has 0 aliphatic rings. The molecule has 1 amide bonds. The molecular formula is C9H11N5OS. The predicted molar refractivity (Wildman–Crippen MR) is 59.1 cm³/mol. The number of thiophene rings is 1. The summed E-state index contributed by atoms with van der Waals surface area (Å²) in [5.41, 5.74) is 0.714. The van der Waals surface area contributed by atoms with Gasteiger partial charge >= 0.3 is 0 Å². The van der Waals surface area contributed by atoms with Gasteiger partial charge < -0.3 is 5.32 Å². The number of nitrogens with one attached hydrogen (secondary N) is 2. The molecule has 2 heterocycles. The predicted octanol–water partition coefficient (Wildman–Crippen LogP) is 0.808. The maximum atomic E-state index is 11.8. The van der Waals surface area contributed by atoms with Crippen molar-refractivity contribution in [3.63, 3.8) is 0 Å². The van der Waals surface area contributed by atoms with Gasteiger partial charge in [0.15, 0.2) is 5.82 Å². The van der Waals surface area contributed by atoms with E-state index in [1.807, 2.05) is 19.9 Å². The maximum Gasteiger partial charge on any atom is 0.252 e. The van der Waals surface area contributed by atoms with E-state index in [-0.39, 0.29) is 12.5 Å². The quantitative estimate of drug-likeness (QED) is 0.827. The van der Waals surface area contributed by atoms with Gasteiger partial charge in [-0.05, 0) is 19.9 Å². The van der Waals surface area contributed by atoms with Crippen LogP contribution in [0.15, 0.2) is 6.07 Å². The van der Waals surface area contributed by atoms with E-state index >= 15 is 0 Å². The third-order valence-corrected chi connectivity index (χ3v) is 3.05. The van der Waals surface area contributed by atoms with Crippen molar-refractivity contribution in [1.82, 2.24) is 25.9 Å². The van der Waals surface area contributed by atoms with Crippen molar-refractivity contribution in [2.75, 3.05) is 0 Å². The first kappa shape index (κ1) is 10.7. The van der Waals surface area contributed by atoms with Crippen LogP contribution in [0.1, 0.15) is 25.9 Å². The molecule has 2 rings (SSSR count). The second kappa shape index (κ2) is 4.40. The smallest absolute Gasteiger partial charge is 0.252 e. The number of tetrazole rings is 1. The molecule has 0 unspecified atom stereocenters. The van der Waals surface area contributed by atoms with Crippen molar-refractivity contribution in [3.05, 3.63) is 27.2 Å². The molecule has 0 fully saturated rings. The van der Waals surface area contributed by atoms with Gasteiger partial charge in [0.25, 0.3) is 5.91 Å². The number of aromatic nitrogens is 4. The van der Waals surface area contributed by atoms with Crippen molar-refractivity contribution in [3.8, 4) is 0 Å². The van der Waals surface area contributed by atoms with Crippen molar-refractivity contribution >= 4 is 17.2 Å². The fraction of sp³-hybridized carbons (Fsp3) is 0.333. The Morgan fingerprint density at radius 1 is 1.56 bits per heavy atom. The molecule has 16 heavy (non-hydrogen) atoms. The maximum absolute atomic E-state index is 11.8. The molecule has 0 saturated carbocycles. The summed E-state index contributed by atoms with van der Waals surface area (Å²) in [6, 6.07) is 1.88. The van der Waals surface area contributed by atoms with Gasteiger partial charge in [0.1, 0.15) is 0 Å².